The van der Waals surface area contributed by atoms with Crippen LogP contribution in [0.15, 0.2) is 48.5 Å². The number of hydrogen-bond donors (Lipinski definition) is 1. The molecule has 184 valence electrons. The zero-order valence-corrected chi connectivity index (χ0v) is 20.0. The fourth-order valence-corrected chi connectivity index (χ4v) is 5.14. The third-order valence-electron chi connectivity index (χ3n) is 6.13. The van der Waals surface area contributed by atoms with E-state index >= 15 is 0 Å². The van der Waals surface area contributed by atoms with E-state index in [1.807, 2.05) is 29.0 Å². The van der Waals surface area contributed by atoms with Crippen molar-refractivity contribution >= 4 is 21.8 Å². The molecule has 1 unspecified atom stereocenters. The van der Waals surface area contributed by atoms with Gasteiger partial charge in [0.2, 0.25) is 15.9 Å². The van der Waals surface area contributed by atoms with E-state index in [9.17, 15) is 31.2 Å². The van der Waals surface area contributed by atoms with Crippen molar-refractivity contribution < 1.29 is 31.2 Å². The van der Waals surface area contributed by atoms with Crippen LogP contribution in [-0.4, -0.2) is 37.2 Å². The molecule has 1 aliphatic rings. The Kier molecular flexibility index (Phi) is 7.12. The first-order valence-electron chi connectivity index (χ1n) is 10.8. The normalized spacial score (nSPS) is 18.5. The molecule has 0 bridgehead atoms. The summed E-state index contributed by atoms with van der Waals surface area (Å²) in [6.07, 6.45) is -4.44. The molecule has 0 radical (unpaired) electrons. The van der Waals surface area contributed by atoms with Crippen LogP contribution >= 0.6 is 0 Å². The number of alkyl halides is 3. The maximum absolute atomic E-state index is 13.2. The van der Waals surface area contributed by atoms with E-state index < -0.39 is 44.5 Å². The molecule has 34 heavy (non-hydrogen) atoms. The van der Waals surface area contributed by atoms with Gasteiger partial charge >= 0.3 is 6.18 Å². The van der Waals surface area contributed by atoms with Crippen molar-refractivity contribution in [3.63, 3.8) is 0 Å². The van der Waals surface area contributed by atoms with Gasteiger partial charge in [0.25, 0.3) is 5.91 Å². The van der Waals surface area contributed by atoms with Crippen LogP contribution in [0.4, 0.5) is 13.2 Å². The zero-order chi connectivity index (χ0) is 25.3. The number of nitrogens with one attached hydrogen (secondary N) is 1. The minimum absolute atomic E-state index is 0.0486. The molecule has 1 heterocycles. The van der Waals surface area contributed by atoms with Gasteiger partial charge in [-0.25, -0.2) is 8.42 Å². The number of carbonyl (C=O) groups excluding carboxylic acids is 2. The minimum Gasteiger partial charge on any atom is -0.328 e. The lowest BCUT2D eigenvalue weighted by atomic mass is 9.85. The number of rotatable bonds is 7. The maximum atomic E-state index is 13.2. The number of carbonyl (C=O) groups is 2. The van der Waals surface area contributed by atoms with E-state index in [4.69, 9.17) is 0 Å². The third kappa shape index (κ3) is 5.60. The van der Waals surface area contributed by atoms with Crippen molar-refractivity contribution in [2.45, 2.75) is 57.0 Å². The quantitative estimate of drug-likeness (QED) is 0.628. The van der Waals surface area contributed by atoms with Gasteiger partial charge in [-0.2, -0.15) is 13.2 Å². The highest BCUT2D eigenvalue weighted by atomic mass is 32.2. The second-order valence-electron chi connectivity index (χ2n) is 8.99. The first kappa shape index (κ1) is 25.7. The Bertz CT molecular complexity index is 1180. The highest BCUT2D eigenvalue weighted by molar-refractivity contribution is 7.89. The number of likely N-dealkylation sites (tertiary alicyclic amines) is 1. The predicted molar refractivity (Wildman–Crippen MR) is 121 cm³/mol. The average Bonchev–Trinajstić information content (AvgIpc) is 2.71. The fourth-order valence-electron chi connectivity index (χ4n) is 3.90. The van der Waals surface area contributed by atoms with Gasteiger partial charge in [-0.1, -0.05) is 56.3 Å². The van der Waals surface area contributed by atoms with Gasteiger partial charge in [0, 0.05) is 6.54 Å². The van der Waals surface area contributed by atoms with E-state index in [-0.39, 0.29) is 25.3 Å². The summed E-state index contributed by atoms with van der Waals surface area (Å²) >= 11 is 0. The van der Waals surface area contributed by atoms with Crippen LogP contribution in [0.1, 0.15) is 55.4 Å². The number of hydrogen-bond acceptors (Lipinski definition) is 4. The maximum Gasteiger partial charge on any atom is 0.416 e. The van der Waals surface area contributed by atoms with Crippen LogP contribution in [0.2, 0.25) is 0 Å². The Balaban J connectivity index is 1.69. The Morgan fingerprint density at radius 3 is 2.24 bits per heavy atom. The number of benzene rings is 2. The van der Waals surface area contributed by atoms with E-state index in [1.54, 1.807) is 0 Å². The molecule has 0 spiro atoms. The lowest BCUT2D eigenvalue weighted by molar-refractivity contribution is -0.156. The summed E-state index contributed by atoms with van der Waals surface area (Å²) in [7, 11) is -4.43. The summed E-state index contributed by atoms with van der Waals surface area (Å²) < 4.78 is 66.5. The molecule has 1 N–H and O–H groups in total. The van der Waals surface area contributed by atoms with Crippen molar-refractivity contribution in [1.29, 1.82) is 0 Å². The molecule has 1 fully saturated rings. The Morgan fingerprint density at radius 1 is 1.09 bits per heavy atom. The summed E-state index contributed by atoms with van der Waals surface area (Å²) in [6, 6.07) is 11.8. The molecule has 1 aliphatic heterocycles. The predicted octanol–water partition coefficient (Wildman–Crippen LogP) is 4.01. The third-order valence-corrected chi connectivity index (χ3v) is 7.31. The molecular formula is C24H27F3N2O4S. The van der Waals surface area contributed by atoms with Gasteiger partial charge in [-0.15, -0.1) is 0 Å². The second kappa shape index (κ2) is 9.40. The van der Waals surface area contributed by atoms with E-state index in [2.05, 4.69) is 13.8 Å². The van der Waals surface area contributed by atoms with Crippen LogP contribution in [0.25, 0.3) is 0 Å². The monoisotopic (exact) mass is 496 g/mol. The minimum atomic E-state index is -4.73. The van der Waals surface area contributed by atoms with Crippen LogP contribution in [0.3, 0.4) is 0 Å². The van der Waals surface area contributed by atoms with Crippen LogP contribution < -0.4 is 4.72 Å². The summed E-state index contributed by atoms with van der Waals surface area (Å²) in [5.41, 5.74) is -1.05. The summed E-state index contributed by atoms with van der Waals surface area (Å²) in [4.78, 5) is 26.9. The van der Waals surface area contributed by atoms with Crippen molar-refractivity contribution in [3.8, 4) is 0 Å². The molecule has 0 aliphatic carbocycles. The second-order valence-corrected chi connectivity index (χ2v) is 10.7. The van der Waals surface area contributed by atoms with Gasteiger partial charge in [-0.3, -0.25) is 14.3 Å². The first-order valence-corrected chi connectivity index (χ1v) is 12.5. The Labute approximate surface area is 197 Å². The SMILES string of the molecule is CC(C)c1ccc(CC(=O)N2CCC2(C)C(=O)NS(=O)(=O)Cc2ccccc2C(F)(F)F)cc1. The smallest absolute Gasteiger partial charge is 0.328 e. The Morgan fingerprint density at radius 2 is 1.71 bits per heavy atom. The van der Waals surface area contributed by atoms with Crippen molar-refractivity contribution in [2.24, 2.45) is 0 Å². The standard InChI is InChI=1S/C24H27F3N2O4S/c1-16(2)18-10-8-17(9-11-18)14-21(30)29-13-12-23(29,3)22(31)28-34(32,33)15-19-6-4-5-7-20(19)24(25,26)27/h4-11,16H,12-15H2,1-3H3,(H,28,31). The molecule has 2 aromatic carbocycles. The number of amides is 2. The summed E-state index contributed by atoms with van der Waals surface area (Å²) in [6.45, 7) is 5.84. The number of nitrogens with zero attached hydrogens (tertiary/aromatic N) is 1. The highest BCUT2D eigenvalue weighted by Gasteiger charge is 2.50. The fraction of sp³-hybridized carbons (Fsp3) is 0.417. The van der Waals surface area contributed by atoms with Crippen molar-refractivity contribution in [1.82, 2.24) is 9.62 Å². The lowest BCUT2D eigenvalue weighted by Crippen LogP contribution is -2.68. The molecule has 6 nitrogen and oxygen atoms in total. The van der Waals surface area contributed by atoms with Crippen molar-refractivity contribution in [3.05, 3.63) is 70.8 Å². The lowest BCUT2D eigenvalue weighted by Gasteiger charge is -2.49. The van der Waals surface area contributed by atoms with Gasteiger partial charge in [0.1, 0.15) is 5.54 Å². The topological polar surface area (TPSA) is 83.6 Å². The molecule has 2 amide bonds. The van der Waals surface area contributed by atoms with Gasteiger partial charge in [0.15, 0.2) is 0 Å². The zero-order valence-electron chi connectivity index (χ0n) is 19.1. The van der Waals surface area contributed by atoms with Gasteiger partial charge in [-0.05, 0) is 42.0 Å². The molecule has 1 saturated heterocycles. The molecule has 0 saturated carbocycles. The summed E-state index contributed by atoms with van der Waals surface area (Å²) in [5, 5.41) is 0. The van der Waals surface area contributed by atoms with Crippen LogP contribution in [0, 0.1) is 0 Å². The van der Waals surface area contributed by atoms with Crippen LogP contribution in [0.5, 0.6) is 0 Å². The van der Waals surface area contributed by atoms with Crippen molar-refractivity contribution in [2.75, 3.05) is 6.54 Å². The molecular weight excluding hydrogens is 469 g/mol. The number of halogens is 3. The van der Waals surface area contributed by atoms with Gasteiger partial charge < -0.3 is 4.90 Å². The molecule has 3 rings (SSSR count). The Hall–Kier alpha value is -2.88. The number of sulfonamides is 1. The molecule has 1 atom stereocenters. The summed E-state index contributed by atoms with van der Waals surface area (Å²) in [5.74, 6) is -1.94. The van der Waals surface area contributed by atoms with Crippen LogP contribution in [-0.2, 0) is 38.0 Å². The van der Waals surface area contributed by atoms with E-state index in [0.29, 0.717) is 5.92 Å². The molecule has 10 heteroatoms. The largest absolute Gasteiger partial charge is 0.416 e. The van der Waals surface area contributed by atoms with E-state index in [0.717, 1.165) is 29.3 Å². The van der Waals surface area contributed by atoms with Gasteiger partial charge in [0.05, 0.1) is 17.7 Å². The molecule has 0 aromatic heterocycles. The molecule has 2 aromatic rings. The average molecular weight is 497 g/mol. The first-order chi connectivity index (χ1) is 15.7. The highest BCUT2D eigenvalue weighted by Crippen LogP contribution is 2.34. The van der Waals surface area contributed by atoms with E-state index in [1.165, 1.54) is 17.9 Å².